The number of anilines is 1. The van der Waals surface area contributed by atoms with Crippen molar-refractivity contribution in [2.45, 2.75) is 25.3 Å². The first kappa shape index (κ1) is 23.4. The molecule has 1 atom stereocenters. The van der Waals surface area contributed by atoms with Gasteiger partial charge in [0.2, 0.25) is 0 Å². The SMILES string of the molecule is CN1CCC[C@@H]1CNC(=O)c1ccc(-c2ccccc2C#N)nc1NCCc1cccc(F)c1. The van der Waals surface area contributed by atoms with Crippen LogP contribution in [0.5, 0.6) is 0 Å². The molecule has 7 heteroatoms. The second-order valence-electron chi connectivity index (χ2n) is 8.54. The van der Waals surface area contributed by atoms with Gasteiger partial charge >= 0.3 is 0 Å². The fourth-order valence-corrected chi connectivity index (χ4v) is 4.29. The highest BCUT2D eigenvalue weighted by molar-refractivity contribution is 5.99. The lowest BCUT2D eigenvalue weighted by Gasteiger charge is -2.20. The van der Waals surface area contributed by atoms with Crippen LogP contribution in [0.3, 0.4) is 0 Å². The van der Waals surface area contributed by atoms with E-state index in [0.29, 0.717) is 53.8 Å². The molecule has 2 N–H and O–H groups in total. The fraction of sp³-hybridized carbons (Fsp3) is 0.296. The normalized spacial score (nSPS) is 15.6. The van der Waals surface area contributed by atoms with Crippen LogP contribution in [0, 0.1) is 17.1 Å². The molecule has 0 aliphatic carbocycles. The summed E-state index contributed by atoms with van der Waals surface area (Å²) >= 11 is 0. The second kappa shape index (κ2) is 10.9. The van der Waals surface area contributed by atoms with Gasteiger partial charge in [-0.25, -0.2) is 9.37 Å². The fourth-order valence-electron chi connectivity index (χ4n) is 4.29. The number of amides is 1. The highest BCUT2D eigenvalue weighted by atomic mass is 19.1. The number of hydrogen-bond donors (Lipinski definition) is 2. The molecule has 1 saturated heterocycles. The molecule has 1 fully saturated rings. The first-order valence-electron chi connectivity index (χ1n) is 11.5. The third-order valence-corrected chi connectivity index (χ3v) is 6.23. The Morgan fingerprint density at radius 1 is 1.21 bits per heavy atom. The van der Waals surface area contributed by atoms with Gasteiger partial charge in [0.25, 0.3) is 5.91 Å². The van der Waals surface area contributed by atoms with Crippen molar-refractivity contribution in [1.29, 1.82) is 5.26 Å². The van der Waals surface area contributed by atoms with E-state index in [0.717, 1.165) is 24.9 Å². The third-order valence-electron chi connectivity index (χ3n) is 6.23. The van der Waals surface area contributed by atoms with Crippen molar-refractivity contribution in [3.8, 4) is 17.3 Å². The quantitative estimate of drug-likeness (QED) is 0.529. The minimum absolute atomic E-state index is 0.193. The predicted octanol–water partition coefficient (Wildman–Crippen LogP) is 4.24. The average molecular weight is 458 g/mol. The highest BCUT2D eigenvalue weighted by Gasteiger charge is 2.22. The maximum atomic E-state index is 13.5. The minimum atomic E-state index is -0.275. The standard InChI is InChI=1S/C27H28FN5O/c1-33-15-5-9-22(33)18-31-27(34)24-11-12-25(23-10-3-2-7-20(23)17-29)32-26(24)30-14-13-19-6-4-8-21(28)16-19/h2-4,6-8,10-12,16,22H,5,9,13-15,18H2,1H3,(H,30,32)(H,31,34)/t22-/m1/s1. The molecular weight excluding hydrogens is 429 g/mol. The molecule has 3 aromatic rings. The van der Waals surface area contributed by atoms with Crippen LogP contribution in [-0.4, -0.2) is 48.5 Å². The van der Waals surface area contributed by atoms with Crippen molar-refractivity contribution in [3.63, 3.8) is 0 Å². The van der Waals surface area contributed by atoms with Crippen LogP contribution in [0.25, 0.3) is 11.3 Å². The van der Waals surface area contributed by atoms with Crippen LogP contribution in [0.2, 0.25) is 0 Å². The summed E-state index contributed by atoms with van der Waals surface area (Å²) in [6.07, 6.45) is 2.78. The van der Waals surface area contributed by atoms with E-state index < -0.39 is 0 Å². The van der Waals surface area contributed by atoms with Crippen LogP contribution in [0.4, 0.5) is 10.2 Å². The van der Waals surface area contributed by atoms with Crippen molar-refractivity contribution in [2.75, 3.05) is 32.0 Å². The number of aromatic nitrogens is 1. The number of likely N-dealkylation sites (tertiary alicyclic amines) is 1. The maximum absolute atomic E-state index is 13.5. The first-order valence-corrected chi connectivity index (χ1v) is 11.5. The van der Waals surface area contributed by atoms with E-state index in [2.05, 4.69) is 28.7 Å². The van der Waals surface area contributed by atoms with Gasteiger partial charge in [-0.05, 0) is 68.8 Å². The smallest absolute Gasteiger partial charge is 0.255 e. The van der Waals surface area contributed by atoms with Crippen molar-refractivity contribution >= 4 is 11.7 Å². The molecular formula is C27H28FN5O. The Balaban J connectivity index is 1.56. The molecule has 0 saturated carbocycles. The summed E-state index contributed by atoms with van der Waals surface area (Å²) in [5.41, 5.74) is 3.13. The molecule has 0 unspecified atom stereocenters. The summed E-state index contributed by atoms with van der Waals surface area (Å²) in [6, 6.07) is 19.8. The average Bonchev–Trinajstić information content (AvgIpc) is 3.27. The molecule has 1 aromatic heterocycles. The van der Waals surface area contributed by atoms with Crippen LogP contribution >= 0.6 is 0 Å². The van der Waals surface area contributed by atoms with E-state index in [9.17, 15) is 14.4 Å². The number of carbonyl (C=O) groups is 1. The van der Waals surface area contributed by atoms with Gasteiger partial charge in [0, 0.05) is 24.7 Å². The Morgan fingerprint density at radius 2 is 2.06 bits per heavy atom. The number of halogens is 1. The largest absolute Gasteiger partial charge is 0.369 e. The summed E-state index contributed by atoms with van der Waals surface area (Å²) in [5, 5.41) is 15.8. The lowest BCUT2D eigenvalue weighted by Crippen LogP contribution is -2.38. The van der Waals surface area contributed by atoms with E-state index in [1.807, 2.05) is 24.3 Å². The summed E-state index contributed by atoms with van der Waals surface area (Å²) in [6.45, 7) is 2.10. The summed E-state index contributed by atoms with van der Waals surface area (Å²) < 4.78 is 13.5. The Morgan fingerprint density at radius 3 is 2.82 bits per heavy atom. The maximum Gasteiger partial charge on any atom is 0.255 e. The summed E-state index contributed by atoms with van der Waals surface area (Å²) in [5.74, 6) is -0.0252. The van der Waals surface area contributed by atoms with E-state index >= 15 is 0 Å². The van der Waals surface area contributed by atoms with Crippen molar-refractivity contribution in [1.82, 2.24) is 15.2 Å². The third kappa shape index (κ3) is 5.59. The molecule has 2 aromatic carbocycles. The van der Waals surface area contributed by atoms with E-state index in [-0.39, 0.29) is 11.7 Å². The van der Waals surface area contributed by atoms with Crippen LogP contribution in [0.1, 0.15) is 34.3 Å². The number of pyridine rings is 1. The predicted molar refractivity (Wildman–Crippen MR) is 131 cm³/mol. The number of nitriles is 1. The first-order chi connectivity index (χ1) is 16.5. The lowest BCUT2D eigenvalue weighted by molar-refractivity contribution is 0.0944. The van der Waals surface area contributed by atoms with Gasteiger partial charge in [-0.15, -0.1) is 0 Å². The van der Waals surface area contributed by atoms with E-state index in [4.69, 9.17) is 4.98 Å². The van der Waals surface area contributed by atoms with Crippen molar-refractivity contribution in [3.05, 3.63) is 83.2 Å². The van der Waals surface area contributed by atoms with Gasteiger partial charge in [0.1, 0.15) is 11.6 Å². The van der Waals surface area contributed by atoms with Gasteiger partial charge in [0.05, 0.1) is 22.9 Å². The topological polar surface area (TPSA) is 81.1 Å². The van der Waals surface area contributed by atoms with Crippen LogP contribution in [0.15, 0.2) is 60.7 Å². The molecule has 1 aliphatic heterocycles. The molecule has 34 heavy (non-hydrogen) atoms. The minimum Gasteiger partial charge on any atom is -0.369 e. The summed E-state index contributed by atoms with van der Waals surface area (Å²) in [7, 11) is 2.08. The summed E-state index contributed by atoms with van der Waals surface area (Å²) in [4.78, 5) is 20.0. The number of likely N-dealkylation sites (N-methyl/N-ethyl adjacent to an activating group) is 1. The number of carbonyl (C=O) groups excluding carboxylic acids is 1. The Labute approximate surface area is 199 Å². The van der Waals surface area contributed by atoms with E-state index in [1.165, 1.54) is 12.1 Å². The number of nitrogens with zero attached hydrogens (tertiary/aromatic N) is 3. The Bertz CT molecular complexity index is 1210. The van der Waals surface area contributed by atoms with Gasteiger partial charge in [-0.2, -0.15) is 5.26 Å². The van der Waals surface area contributed by atoms with Gasteiger partial charge in [-0.3, -0.25) is 4.79 Å². The lowest BCUT2D eigenvalue weighted by atomic mass is 10.0. The monoisotopic (exact) mass is 457 g/mol. The number of benzene rings is 2. The Kier molecular flexibility index (Phi) is 7.51. The number of nitrogens with one attached hydrogen (secondary N) is 2. The van der Waals surface area contributed by atoms with E-state index in [1.54, 1.807) is 24.3 Å². The molecule has 0 bridgehead atoms. The second-order valence-corrected chi connectivity index (χ2v) is 8.54. The van der Waals surface area contributed by atoms with Crippen LogP contribution in [-0.2, 0) is 6.42 Å². The molecule has 174 valence electrons. The molecule has 1 aliphatic rings. The molecule has 6 nitrogen and oxygen atoms in total. The van der Waals surface area contributed by atoms with Crippen molar-refractivity contribution < 1.29 is 9.18 Å². The molecule has 0 radical (unpaired) electrons. The number of hydrogen-bond acceptors (Lipinski definition) is 5. The molecule has 1 amide bonds. The molecule has 0 spiro atoms. The molecule has 2 heterocycles. The van der Waals surface area contributed by atoms with Gasteiger partial charge in [0.15, 0.2) is 0 Å². The number of rotatable bonds is 8. The zero-order chi connectivity index (χ0) is 23.9. The van der Waals surface area contributed by atoms with Crippen molar-refractivity contribution in [2.24, 2.45) is 0 Å². The zero-order valence-electron chi connectivity index (χ0n) is 19.2. The Hall–Kier alpha value is -3.76. The van der Waals surface area contributed by atoms with Gasteiger partial charge < -0.3 is 15.5 Å². The molecule has 4 rings (SSSR count). The zero-order valence-corrected chi connectivity index (χ0v) is 19.2. The van der Waals surface area contributed by atoms with Gasteiger partial charge in [-0.1, -0.05) is 30.3 Å². The highest BCUT2D eigenvalue weighted by Crippen LogP contribution is 2.25. The van der Waals surface area contributed by atoms with Crippen LogP contribution < -0.4 is 10.6 Å².